The van der Waals surface area contributed by atoms with E-state index in [1.165, 1.54) is 11.3 Å². The number of nitrogens with zero attached hydrogens (tertiary/aromatic N) is 4. The van der Waals surface area contributed by atoms with Gasteiger partial charge in [0.15, 0.2) is 0 Å². The van der Waals surface area contributed by atoms with Crippen LogP contribution in [-0.4, -0.2) is 26.0 Å². The highest BCUT2D eigenvalue weighted by Gasteiger charge is 2.25. The number of pyridine rings is 1. The third-order valence-electron chi connectivity index (χ3n) is 4.57. The molecule has 1 amide bonds. The summed E-state index contributed by atoms with van der Waals surface area (Å²) >= 11 is 1.51. The number of ether oxygens (including phenoxy) is 1. The van der Waals surface area contributed by atoms with E-state index in [4.69, 9.17) is 9.26 Å². The van der Waals surface area contributed by atoms with Crippen molar-refractivity contribution in [2.75, 3.05) is 0 Å². The Kier molecular flexibility index (Phi) is 6.32. The maximum absolute atomic E-state index is 12.9. The van der Waals surface area contributed by atoms with Crippen LogP contribution in [0.25, 0.3) is 11.4 Å². The van der Waals surface area contributed by atoms with E-state index in [2.05, 4.69) is 25.4 Å². The highest BCUT2D eigenvalue weighted by Crippen LogP contribution is 2.24. The van der Waals surface area contributed by atoms with Crippen molar-refractivity contribution < 1.29 is 14.1 Å². The van der Waals surface area contributed by atoms with Gasteiger partial charge in [-0.25, -0.2) is 4.98 Å². The Hall–Kier alpha value is -3.59. The Morgan fingerprint density at radius 1 is 1.23 bits per heavy atom. The van der Waals surface area contributed by atoms with E-state index in [-0.39, 0.29) is 11.8 Å². The molecule has 9 heteroatoms. The van der Waals surface area contributed by atoms with Crippen LogP contribution < -0.4 is 10.1 Å². The van der Waals surface area contributed by atoms with E-state index in [9.17, 15) is 4.79 Å². The minimum absolute atomic E-state index is 0.0405. The molecule has 1 aromatic carbocycles. The van der Waals surface area contributed by atoms with Crippen LogP contribution in [0.2, 0.25) is 0 Å². The van der Waals surface area contributed by atoms with Gasteiger partial charge in [0.1, 0.15) is 18.4 Å². The number of rotatable bonds is 8. The molecule has 0 bridgehead atoms. The van der Waals surface area contributed by atoms with Crippen LogP contribution in [0.15, 0.2) is 64.2 Å². The molecule has 158 valence electrons. The molecule has 0 aliphatic heterocycles. The molecule has 1 N–H and O–H groups in total. The monoisotopic (exact) mass is 435 g/mol. The zero-order valence-corrected chi connectivity index (χ0v) is 17.9. The number of nitrogens with one attached hydrogen (secondary N) is 1. The molecule has 0 spiro atoms. The number of benzene rings is 1. The molecule has 4 rings (SSSR count). The molecule has 31 heavy (non-hydrogen) atoms. The third-order valence-corrected chi connectivity index (χ3v) is 5.20. The summed E-state index contributed by atoms with van der Waals surface area (Å²) in [6.45, 7) is 4.31. The molecule has 0 saturated heterocycles. The van der Waals surface area contributed by atoms with Crippen LogP contribution in [0.4, 0.5) is 0 Å². The summed E-state index contributed by atoms with van der Waals surface area (Å²) < 4.78 is 11.2. The quantitative estimate of drug-likeness (QED) is 0.440. The molecule has 3 heterocycles. The molecule has 0 aliphatic carbocycles. The topological polar surface area (TPSA) is 103 Å². The molecular weight excluding hydrogens is 414 g/mol. The van der Waals surface area contributed by atoms with Gasteiger partial charge in [0.25, 0.3) is 5.91 Å². The number of hydrogen-bond donors (Lipinski definition) is 1. The molecule has 4 aromatic rings. The van der Waals surface area contributed by atoms with E-state index >= 15 is 0 Å². The fraction of sp³-hybridized carbons (Fsp3) is 0.227. The largest absolute Gasteiger partial charge is 0.487 e. The SMILES string of the molecule is CC(C)C(NC(=O)c1cccc(OCc2cscn2)c1)c1nc(-c2ccncc2)no1. The van der Waals surface area contributed by atoms with Gasteiger partial charge >= 0.3 is 0 Å². The summed E-state index contributed by atoms with van der Waals surface area (Å²) in [5.41, 5.74) is 3.88. The van der Waals surface area contributed by atoms with E-state index in [0.717, 1.165) is 11.3 Å². The lowest BCUT2D eigenvalue weighted by Gasteiger charge is -2.18. The Morgan fingerprint density at radius 2 is 2.06 bits per heavy atom. The average Bonchev–Trinajstić information content (AvgIpc) is 3.49. The fourth-order valence-electron chi connectivity index (χ4n) is 2.91. The van der Waals surface area contributed by atoms with E-state index in [0.29, 0.717) is 29.6 Å². The number of hydrogen-bond acceptors (Lipinski definition) is 8. The van der Waals surface area contributed by atoms with E-state index < -0.39 is 6.04 Å². The van der Waals surface area contributed by atoms with E-state index in [1.807, 2.05) is 25.3 Å². The van der Waals surface area contributed by atoms with Gasteiger partial charge < -0.3 is 14.6 Å². The second kappa shape index (κ2) is 9.48. The molecule has 1 unspecified atom stereocenters. The van der Waals surface area contributed by atoms with Crippen LogP contribution in [-0.2, 0) is 6.61 Å². The van der Waals surface area contributed by atoms with Crippen molar-refractivity contribution in [3.05, 3.63) is 76.8 Å². The van der Waals surface area contributed by atoms with Crippen molar-refractivity contribution in [2.24, 2.45) is 5.92 Å². The summed E-state index contributed by atoms with van der Waals surface area (Å²) in [7, 11) is 0. The Morgan fingerprint density at radius 3 is 2.81 bits per heavy atom. The zero-order chi connectivity index (χ0) is 21.6. The summed E-state index contributed by atoms with van der Waals surface area (Å²) in [5.74, 6) is 1.20. The van der Waals surface area contributed by atoms with Crippen molar-refractivity contribution in [1.29, 1.82) is 0 Å². The van der Waals surface area contributed by atoms with Gasteiger partial charge in [0.05, 0.1) is 11.2 Å². The summed E-state index contributed by atoms with van der Waals surface area (Å²) in [4.78, 5) is 25.6. The van der Waals surface area contributed by atoms with Gasteiger partial charge in [-0.05, 0) is 36.2 Å². The molecule has 0 radical (unpaired) electrons. The first-order chi connectivity index (χ1) is 15.1. The van der Waals surface area contributed by atoms with Crippen LogP contribution >= 0.6 is 11.3 Å². The van der Waals surface area contributed by atoms with Crippen molar-refractivity contribution in [3.8, 4) is 17.1 Å². The molecule has 3 aromatic heterocycles. The van der Waals surface area contributed by atoms with Crippen LogP contribution in [0, 0.1) is 5.92 Å². The average molecular weight is 436 g/mol. The highest BCUT2D eigenvalue weighted by molar-refractivity contribution is 7.07. The van der Waals surface area contributed by atoms with Gasteiger partial charge in [-0.2, -0.15) is 4.98 Å². The van der Waals surface area contributed by atoms with Crippen molar-refractivity contribution in [1.82, 2.24) is 25.4 Å². The zero-order valence-electron chi connectivity index (χ0n) is 17.1. The molecule has 0 aliphatic rings. The summed E-state index contributed by atoms with van der Waals surface area (Å²) in [6, 6.07) is 10.2. The van der Waals surface area contributed by atoms with Gasteiger partial charge in [-0.15, -0.1) is 11.3 Å². The minimum Gasteiger partial charge on any atom is -0.487 e. The Labute approximate surface area is 183 Å². The lowest BCUT2D eigenvalue weighted by molar-refractivity contribution is 0.0913. The number of carbonyl (C=O) groups excluding carboxylic acids is 1. The maximum Gasteiger partial charge on any atom is 0.252 e. The highest BCUT2D eigenvalue weighted by atomic mass is 32.1. The fourth-order valence-corrected chi connectivity index (χ4v) is 3.45. The van der Waals surface area contributed by atoms with Gasteiger partial charge in [0.2, 0.25) is 11.7 Å². The second-order valence-corrected chi connectivity index (χ2v) is 7.90. The summed E-state index contributed by atoms with van der Waals surface area (Å²) in [6.07, 6.45) is 3.33. The minimum atomic E-state index is -0.435. The predicted molar refractivity (Wildman–Crippen MR) is 115 cm³/mol. The standard InChI is InChI=1S/C22H21N5O3S/c1-14(2)19(22-26-20(27-30-22)15-6-8-23-9-7-15)25-21(28)16-4-3-5-18(10-16)29-11-17-12-31-13-24-17/h3-10,12-14,19H,11H2,1-2H3,(H,25,28). The molecular formula is C22H21N5O3S. The predicted octanol–water partition coefficient (Wildman–Crippen LogP) is 4.29. The number of aromatic nitrogens is 4. The van der Waals surface area contributed by atoms with Gasteiger partial charge in [-0.1, -0.05) is 25.1 Å². The smallest absolute Gasteiger partial charge is 0.252 e. The van der Waals surface area contributed by atoms with Crippen LogP contribution in [0.3, 0.4) is 0 Å². The maximum atomic E-state index is 12.9. The Bertz CT molecular complexity index is 1130. The lowest BCUT2D eigenvalue weighted by Crippen LogP contribution is -2.32. The third kappa shape index (κ3) is 5.13. The summed E-state index contributed by atoms with van der Waals surface area (Å²) in [5, 5.41) is 8.96. The second-order valence-electron chi connectivity index (χ2n) is 7.18. The number of thiazole rings is 1. The van der Waals surface area contributed by atoms with Crippen molar-refractivity contribution in [3.63, 3.8) is 0 Å². The molecule has 0 fully saturated rings. The Balaban J connectivity index is 1.47. The van der Waals surface area contributed by atoms with Gasteiger partial charge in [0, 0.05) is 28.9 Å². The molecule has 1 atom stereocenters. The number of carbonyl (C=O) groups is 1. The number of amides is 1. The first-order valence-corrected chi connectivity index (χ1v) is 10.7. The first-order valence-electron chi connectivity index (χ1n) is 9.75. The molecule has 0 saturated carbocycles. The normalized spacial score (nSPS) is 12.0. The van der Waals surface area contributed by atoms with Crippen molar-refractivity contribution in [2.45, 2.75) is 26.5 Å². The molecule has 8 nitrogen and oxygen atoms in total. The van der Waals surface area contributed by atoms with Crippen LogP contribution in [0.5, 0.6) is 5.75 Å². The van der Waals surface area contributed by atoms with E-state index in [1.54, 1.807) is 48.2 Å². The van der Waals surface area contributed by atoms with Crippen molar-refractivity contribution >= 4 is 17.2 Å². The first kappa shape index (κ1) is 20.7. The van der Waals surface area contributed by atoms with Crippen LogP contribution in [0.1, 0.15) is 41.8 Å². The lowest BCUT2D eigenvalue weighted by atomic mass is 10.0. The van der Waals surface area contributed by atoms with Gasteiger partial charge in [-0.3, -0.25) is 9.78 Å².